The molecule has 4 heterocycles. The first-order valence-corrected chi connectivity index (χ1v) is 10.7. The van der Waals surface area contributed by atoms with Crippen molar-refractivity contribution in [2.24, 2.45) is 0 Å². The zero-order valence-corrected chi connectivity index (χ0v) is 17.3. The minimum atomic E-state index is -0.228. The highest BCUT2D eigenvalue weighted by molar-refractivity contribution is 7.19. The van der Waals surface area contributed by atoms with Crippen LogP contribution in [0.2, 0.25) is 0 Å². The van der Waals surface area contributed by atoms with E-state index in [-0.39, 0.29) is 18.6 Å². The topological polar surface area (TPSA) is 82.4 Å². The number of carbonyl (C=O) groups is 1. The van der Waals surface area contributed by atoms with E-state index in [1.54, 1.807) is 23.6 Å². The van der Waals surface area contributed by atoms with Crippen molar-refractivity contribution in [3.05, 3.63) is 53.0 Å². The normalized spacial score (nSPS) is 17.0. The van der Waals surface area contributed by atoms with Crippen LogP contribution in [0.5, 0.6) is 0 Å². The lowest BCUT2D eigenvalue weighted by molar-refractivity contribution is -0.141. The maximum absolute atomic E-state index is 12.9. The molecule has 154 valence electrons. The molecule has 8 nitrogen and oxygen atoms in total. The largest absolute Gasteiger partial charge is 0.391 e. The average molecular weight is 423 g/mol. The molecule has 0 radical (unpaired) electrons. The third-order valence-corrected chi connectivity index (χ3v) is 6.58. The van der Waals surface area contributed by atoms with Crippen LogP contribution in [0.15, 0.2) is 42.6 Å². The van der Waals surface area contributed by atoms with Crippen LogP contribution in [0.1, 0.15) is 10.4 Å². The van der Waals surface area contributed by atoms with E-state index in [1.165, 1.54) is 20.5 Å². The molecule has 1 atom stereocenters. The van der Waals surface area contributed by atoms with Crippen molar-refractivity contribution < 1.29 is 14.4 Å². The van der Waals surface area contributed by atoms with Gasteiger partial charge in [-0.3, -0.25) is 4.79 Å². The fourth-order valence-electron chi connectivity index (χ4n) is 3.68. The summed E-state index contributed by atoms with van der Waals surface area (Å²) in [7, 11) is 0. The van der Waals surface area contributed by atoms with E-state index in [4.69, 9.17) is 9.57 Å². The predicted molar refractivity (Wildman–Crippen MR) is 113 cm³/mol. The Balaban J connectivity index is 1.22. The highest BCUT2D eigenvalue weighted by Crippen LogP contribution is 2.31. The smallest absolute Gasteiger partial charge is 0.228 e. The van der Waals surface area contributed by atoms with Crippen molar-refractivity contribution in [1.29, 1.82) is 0 Å². The quantitative estimate of drug-likeness (QED) is 0.490. The van der Waals surface area contributed by atoms with Gasteiger partial charge in [-0.05, 0) is 41.3 Å². The maximum atomic E-state index is 12.9. The van der Waals surface area contributed by atoms with Crippen LogP contribution in [0, 0.1) is 6.92 Å². The van der Waals surface area contributed by atoms with Crippen LogP contribution in [0.25, 0.3) is 21.3 Å². The molecule has 0 spiro atoms. The van der Waals surface area contributed by atoms with Crippen LogP contribution < -0.4 is 4.84 Å². The number of carbonyl (C=O) groups excluding carboxylic acids is 1. The molecule has 1 saturated heterocycles. The number of nitrogens with zero attached hydrogens (tertiary/aromatic N) is 5. The van der Waals surface area contributed by atoms with Crippen molar-refractivity contribution >= 4 is 38.5 Å². The van der Waals surface area contributed by atoms with Gasteiger partial charge in [-0.15, -0.1) is 16.4 Å². The summed E-state index contributed by atoms with van der Waals surface area (Å²) in [5.41, 5.74) is 2.42. The number of morpholine rings is 1. The lowest BCUT2D eigenvalue weighted by Crippen LogP contribution is -2.48. The third-order valence-electron chi connectivity index (χ3n) is 5.31. The van der Waals surface area contributed by atoms with Gasteiger partial charge in [0, 0.05) is 22.3 Å². The number of aromatic nitrogens is 4. The fourth-order valence-corrected chi connectivity index (χ4v) is 4.88. The second-order valence-corrected chi connectivity index (χ2v) is 8.40. The van der Waals surface area contributed by atoms with Crippen molar-refractivity contribution in [2.45, 2.75) is 19.4 Å². The van der Waals surface area contributed by atoms with Crippen LogP contribution >= 0.6 is 11.3 Å². The Morgan fingerprint density at radius 3 is 3.10 bits per heavy atom. The first kappa shape index (κ1) is 19.0. The number of thiophene rings is 1. The lowest BCUT2D eigenvalue weighted by atomic mass is 10.1. The zero-order chi connectivity index (χ0) is 20.5. The Bertz CT molecular complexity index is 1200. The van der Waals surface area contributed by atoms with Gasteiger partial charge in [-0.2, -0.15) is 0 Å². The first-order valence-electron chi connectivity index (χ1n) is 9.85. The number of pyridine rings is 1. The molecule has 1 aliphatic rings. The Hall–Kier alpha value is -3.04. The number of aryl methyl sites for hydroxylation is 1. The molecule has 30 heavy (non-hydrogen) atoms. The number of hydrogen-bond donors (Lipinski definition) is 0. The van der Waals surface area contributed by atoms with Crippen LogP contribution in [-0.2, 0) is 16.0 Å². The van der Waals surface area contributed by atoms with Gasteiger partial charge in [0.1, 0.15) is 18.2 Å². The molecule has 1 unspecified atom stereocenters. The molecule has 0 saturated carbocycles. The van der Waals surface area contributed by atoms with E-state index in [2.05, 4.69) is 34.4 Å². The number of hydrogen-bond acceptors (Lipinski definition) is 7. The number of fused-ring (bicyclic) bond motifs is 2. The van der Waals surface area contributed by atoms with E-state index in [1.807, 2.05) is 23.1 Å². The molecule has 1 aromatic carbocycles. The molecule has 0 bridgehead atoms. The molecule has 9 heteroatoms. The van der Waals surface area contributed by atoms with E-state index in [0.717, 1.165) is 4.88 Å². The molecule has 1 fully saturated rings. The monoisotopic (exact) mass is 423 g/mol. The van der Waals surface area contributed by atoms with Gasteiger partial charge in [0.15, 0.2) is 0 Å². The molecule has 5 rings (SSSR count). The van der Waals surface area contributed by atoms with Crippen molar-refractivity contribution in [2.75, 3.05) is 26.3 Å². The standard InChI is InChI=1S/C21H21N5O3S/c1-14-16-5-2-3-7-18(16)30-19(14)11-20(27)25-9-10-28-15(12-25)13-29-26-21-17(23-24-26)6-4-8-22-21/h2-8,15H,9-13H2,1H3. The minimum absolute atomic E-state index is 0.117. The Morgan fingerprint density at radius 2 is 2.20 bits per heavy atom. The van der Waals surface area contributed by atoms with Crippen LogP contribution in [0.3, 0.4) is 0 Å². The van der Waals surface area contributed by atoms with Crippen LogP contribution in [-0.4, -0.2) is 63.4 Å². The molecule has 1 amide bonds. The van der Waals surface area contributed by atoms with Crippen LogP contribution in [0.4, 0.5) is 0 Å². The van der Waals surface area contributed by atoms with Gasteiger partial charge in [-0.25, -0.2) is 4.98 Å². The zero-order valence-electron chi connectivity index (χ0n) is 16.5. The van der Waals surface area contributed by atoms with Gasteiger partial charge in [0.05, 0.1) is 19.6 Å². The summed E-state index contributed by atoms with van der Waals surface area (Å²) in [5.74, 6) is 0.117. The second-order valence-electron chi connectivity index (χ2n) is 7.26. The highest BCUT2D eigenvalue weighted by Gasteiger charge is 2.26. The van der Waals surface area contributed by atoms with Gasteiger partial charge in [0.25, 0.3) is 0 Å². The fraction of sp³-hybridized carbons (Fsp3) is 0.333. The van der Waals surface area contributed by atoms with Crippen molar-refractivity contribution in [3.63, 3.8) is 0 Å². The van der Waals surface area contributed by atoms with E-state index in [0.29, 0.717) is 37.3 Å². The lowest BCUT2D eigenvalue weighted by Gasteiger charge is -2.32. The summed E-state index contributed by atoms with van der Waals surface area (Å²) in [5, 5.41) is 9.22. The Kier molecular flexibility index (Phi) is 5.06. The molecule has 1 aliphatic heterocycles. The minimum Gasteiger partial charge on any atom is -0.391 e. The molecule has 0 aliphatic carbocycles. The summed E-state index contributed by atoms with van der Waals surface area (Å²) >= 11 is 1.70. The van der Waals surface area contributed by atoms with Gasteiger partial charge < -0.3 is 14.5 Å². The highest BCUT2D eigenvalue weighted by atomic mass is 32.1. The van der Waals surface area contributed by atoms with E-state index >= 15 is 0 Å². The average Bonchev–Trinajstić information content (AvgIpc) is 3.34. The summed E-state index contributed by atoms with van der Waals surface area (Å²) in [6.07, 6.45) is 1.85. The van der Waals surface area contributed by atoms with Gasteiger partial charge >= 0.3 is 0 Å². The molecule has 0 N–H and O–H groups in total. The molecule has 3 aromatic heterocycles. The third kappa shape index (κ3) is 3.61. The first-order chi connectivity index (χ1) is 14.7. The molecular weight excluding hydrogens is 402 g/mol. The Labute approximate surface area is 177 Å². The number of benzene rings is 1. The maximum Gasteiger partial charge on any atom is 0.228 e. The van der Waals surface area contributed by atoms with Crippen molar-refractivity contribution in [1.82, 2.24) is 25.0 Å². The number of rotatable bonds is 5. The summed E-state index contributed by atoms with van der Waals surface area (Å²) in [6.45, 7) is 3.92. The summed E-state index contributed by atoms with van der Waals surface area (Å²) < 4.78 is 7.01. The number of ether oxygens (including phenoxy) is 1. The molecular formula is C21H21N5O3S. The van der Waals surface area contributed by atoms with Gasteiger partial charge in [-0.1, -0.05) is 23.0 Å². The van der Waals surface area contributed by atoms with Crippen molar-refractivity contribution in [3.8, 4) is 0 Å². The van der Waals surface area contributed by atoms with E-state index < -0.39 is 0 Å². The summed E-state index contributed by atoms with van der Waals surface area (Å²) in [6, 6.07) is 11.9. The second kappa shape index (κ2) is 8.00. The number of amides is 1. The molecule has 4 aromatic rings. The van der Waals surface area contributed by atoms with E-state index in [9.17, 15) is 4.79 Å². The summed E-state index contributed by atoms with van der Waals surface area (Å²) in [4.78, 5) is 27.2. The predicted octanol–water partition coefficient (Wildman–Crippen LogP) is 2.25. The Morgan fingerprint density at radius 1 is 1.30 bits per heavy atom. The van der Waals surface area contributed by atoms with Gasteiger partial charge in [0.2, 0.25) is 11.6 Å². The SMILES string of the molecule is Cc1c(CC(=O)N2CCOC(COn3nnc4cccnc43)C2)sc2ccccc12.